The fourth-order valence-electron chi connectivity index (χ4n) is 2.35. The molecule has 1 fully saturated rings. The van der Waals surface area contributed by atoms with Crippen molar-refractivity contribution in [1.29, 1.82) is 0 Å². The molecule has 1 aliphatic heterocycles. The number of nitrogens with zero attached hydrogens (tertiary/aromatic N) is 3. The first-order chi connectivity index (χ1) is 10.8. The number of carbonyl (C=O) groups is 1. The first-order valence-electron chi connectivity index (χ1n) is 7.32. The van der Waals surface area contributed by atoms with E-state index in [4.69, 9.17) is 0 Å². The third-order valence-electron chi connectivity index (χ3n) is 3.50. The molecule has 1 unspecified atom stereocenters. The second kappa shape index (κ2) is 7.42. The van der Waals surface area contributed by atoms with Gasteiger partial charge in [0, 0.05) is 55.6 Å². The minimum absolute atomic E-state index is 0.0843. The largest absolute Gasteiger partial charge is 0.352 e. The molecule has 2 aromatic rings. The molecule has 3 heterocycles. The van der Waals surface area contributed by atoms with Gasteiger partial charge in [-0.25, -0.2) is 9.97 Å². The Balaban J connectivity index is 1.52. The van der Waals surface area contributed by atoms with Gasteiger partial charge in [-0.15, -0.1) is 0 Å². The van der Waals surface area contributed by atoms with Gasteiger partial charge in [-0.2, -0.15) is 11.8 Å². The highest BCUT2D eigenvalue weighted by Gasteiger charge is 2.16. The zero-order chi connectivity index (χ0) is 15.2. The molecule has 2 N–H and O–H groups in total. The molecule has 3 rings (SSSR count). The molecule has 2 aromatic heterocycles. The Morgan fingerprint density at radius 3 is 3.23 bits per heavy atom. The van der Waals surface area contributed by atoms with E-state index in [-0.39, 0.29) is 11.9 Å². The Hall–Kier alpha value is -1.86. The molecule has 0 bridgehead atoms. The quantitative estimate of drug-likeness (QED) is 0.860. The zero-order valence-corrected chi connectivity index (χ0v) is 13.1. The fraction of sp³-hybridized carbons (Fsp3) is 0.400. The van der Waals surface area contributed by atoms with E-state index in [1.165, 1.54) is 0 Å². The fourth-order valence-corrected chi connectivity index (χ4v) is 3.30. The molecule has 1 atom stereocenters. The third kappa shape index (κ3) is 4.08. The molecular weight excluding hydrogens is 298 g/mol. The SMILES string of the molecule is O=C(CC1CSCCN1)NCc1ccnc(-n2ccnc2)c1. The van der Waals surface area contributed by atoms with E-state index in [9.17, 15) is 4.79 Å². The van der Waals surface area contributed by atoms with Crippen LogP contribution in [-0.2, 0) is 11.3 Å². The highest BCUT2D eigenvalue weighted by atomic mass is 32.2. The van der Waals surface area contributed by atoms with Crippen molar-refractivity contribution in [2.45, 2.75) is 19.0 Å². The summed E-state index contributed by atoms with van der Waals surface area (Å²) in [4.78, 5) is 20.3. The van der Waals surface area contributed by atoms with Gasteiger partial charge < -0.3 is 10.6 Å². The lowest BCUT2D eigenvalue weighted by atomic mass is 10.2. The maximum atomic E-state index is 12.0. The number of imidazole rings is 1. The smallest absolute Gasteiger partial charge is 0.221 e. The van der Waals surface area contributed by atoms with Crippen molar-refractivity contribution in [3.05, 3.63) is 42.6 Å². The average Bonchev–Trinajstić information content (AvgIpc) is 3.09. The summed E-state index contributed by atoms with van der Waals surface area (Å²) in [6.07, 6.45) is 7.54. The van der Waals surface area contributed by atoms with Crippen LogP contribution in [0.3, 0.4) is 0 Å². The van der Waals surface area contributed by atoms with E-state index in [0.29, 0.717) is 13.0 Å². The molecule has 1 saturated heterocycles. The molecule has 0 aromatic carbocycles. The van der Waals surface area contributed by atoms with Crippen LogP contribution in [0, 0.1) is 0 Å². The number of carbonyl (C=O) groups excluding carboxylic acids is 1. The van der Waals surface area contributed by atoms with E-state index in [0.717, 1.165) is 29.4 Å². The Kier molecular flexibility index (Phi) is 5.07. The van der Waals surface area contributed by atoms with Gasteiger partial charge >= 0.3 is 0 Å². The maximum absolute atomic E-state index is 12.0. The van der Waals surface area contributed by atoms with Gasteiger partial charge in [0.15, 0.2) is 0 Å². The van der Waals surface area contributed by atoms with Crippen LogP contribution in [0.5, 0.6) is 0 Å². The van der Waals surface area contributed by atoms with Gasteiger partial charge in [0.05, 0.1) is 0 Å². The molecule has 0 radical (unpaired) electrons. The van der Waals surface area contributed by atoms with E-state index >= 15 is 0 Å². The van der Waals surface area contributed by atoms with Crippen LogP contribution in [0.4, 0.5) is 0 Å². The van der Waals surface area contributed by atoms with Crippen molar-refractivity contribution in [2.24, 2.45) is 0 Å². The highest BCUT2D eigenvalue weighted by Crippen LogP contribution is 2.10. The summed E-state index contributed by atoms with van der Waals surface area (Å²) >= 11 is 1.90. The van der Waals surface area contributed by atoms with Crippen molar-refractivity contribution < 1.29 is 4.79 Å². The van der Waals surface area contributed by atoms with Crippen molar-refractivity contribution in [1.82, 2.24) is 25.2 Å². The van der Waals surface area contributed by atoms with Gasteiger partial charge in [0.25, 0.3) is 0 Å². The Morgan fingerprint density at radius 1 is 1.50 bits per heavy atom. The van der Waals surface area contributed by atoms with Gasteiger partial charge in [-0.05, 0) is 17.7 Å². The second-order valence-corrected chi connectivity index (χ2v) is 6.35. The predicted molar refractivity (Wildman–Crippen MR) is 86.9 cm³/mol. The van der Waals surface area contributed by atoms with Gasteiger partial charge in [0.2, 0.25) is 5.91 Å². The Morgan fingerprint density at radius 2 is 2.45 bits per heavy atom. The number of hydrogen-bond acceptors (Lipinski definition) is 5. The summed E-state index contributed by atoms with van der Waals surface area (Å²) < 4.78 is 1.84. The van der Waals surface area contributed by atoms with Crippen LogP contribution in [0.2, 0.25) is 0 Å². The molecule has 6 nitrogen and oxygen atoms in total. The van der Waals surface area contributed by atoms with E-state index in [1.807, 2.05) is 34.7 Å². The minimum atomic E-state index is 0.0843. The Labute approximate surface area is 133 Å². The van der Waals surface area contributed by atoms with Crippen molar-refractivity contribution in [3.63, 3.8) is 0 Å². The summed E-state index contributed by atoms with van der Waals surface area (Å²) in [5.41, 5.74) is 1.03. The number of nitrogens with one attached hydrogen (secondary N) is 2. The number of thioether (sulfide) groups is 1. The second-order valence-electron chi connectivity index (χ2n) is 5.20. The average molecular weight is 317 g/mol. The normalized spacial score (nSPS) is 18.1. The predicted octanol–water partition coefficient (Wildman–Crippen LogP) is 0.979. The molecule has 0 saturated carbocycles. The number of amides is 1. The van der Waals surface area contributed by atoms with Gasteiger partial charge in [-0.1, -0.05) is 0 Å². The summed E-state index contributed by atoms with van der Waals surface area (Å²) in [6, 6.07) is 4.16. The number of hydrogen-bond donors (Lipinski definition) is 2. The molecule has 1 aliphatic rings. The lowest BCUT2D eigenvalue weighted by Gasteiger charge is -2.22. The van der Waals surface area contributed by atoms with Crippen LogP contribution in [0.15, 0.2) is 37.1 Å². The molecule has 0 spiro atoms. The van der Waals surface area contributed by atoms with Crippen molar-refractivity contribution >= 4 is 17.7 Å². The molecule has 0 aliphatic carbocycles. The van der Waals surface area contributed by atoms with Crippen molar-refractivity contribution in [2.75, 3.05) is 18.1 Å². The van der Waals surface area contributed by atoms with E-state index < -0.39 is 0 Å². The summed E-state index contributed by atoms with van der Waals surface area (Å²) in [5, 5.41) is 6.35. The molecule has 1 amide bonds. The van der Waals surface area contributed by atoms with Gasteiger partial charge in [0.1, 0.15) is 12.1 Å². The van der Waals surface area contributed by atoms with E-state index in [1.54, 1.807) is 18.7 Å². The minimum Gasteiger partial charge on any atom is -0.352 e. The van der Waals surface area contributed by atoms with Crippen molar-refractivity contribution in [3.8, 4) is 5.82 Å². The maximum Gasteiger partial charge on any atom is 0.221 e. The summed E-state index contributed by atoms with van der Waals surface area (Å²) in [7, 11) is 0. The van der Waals surface area contributed by atoms with Crippen LogP contribution >= 0.6 is 11.8 Å². The van der Waals surface area contributed by atoms with E-state index in [2.05, 4.69) is 20.6 Å². The van der Waals surface area contributed by atoms with Gasteiger partial charge in [-0.3, -0.25) is 9.36 Å². The van der Waals surface area contributed by atoms with Crippen LogP contribution in [0.25, 0.3) is 5.82 Å². The molecule has 116 valence electrons. The molecule has 7 heteroatoms. The number of rotatable bonds is 5. The standard InChI is InChI=1S/C15H19N5OS/c21-15(8-13-10-22-6-4-17-13)19-9-12-1-2-18-14(7-12)20-5-3-16-11-20/h1-3,5,7,11,13,17H,4,6,8-10H2,(H,19,21). The third-order valence-corrected chi connectivity index (χ3v) is 4.63. The first-order valence-corrected chi connectivity index (χ1v) is 8.48. The Bertz CT molecular complexity index is 610. The molecule has 22 heavy (non-hydrogen) atoms. The summed E-state index contributed by atoms with van der Waals surface area (Å²) in [5.74, 6) is 3.02. The molecular formula is C15H19N5OS. The lowest BCUT2D eigenvalue weighted by molar-refractivity contribution is -0.121. The van der Waals surface area contributed by atoms with Crippen LogP contribution < -0.4 is 10.6 Å². The number of aromatic nitrogens is 3. The lowest BCUT2D eigenvalue weighted by Crippen LogP contribution is -2.41. The highest BCUT2D eigenvalue weighted by molar-refractivity contribution is 7.99. The number of pyridine rings is 1. The van der Waals surface area contributed by atoms with Crippen LogP contribution in [0.1, 0.15) is 12.0 Å². The summed E-state index contributed by atoms with van der Waals surface area (Å²) in [6.45, 7) is 1.50. The first kappa shape index (κ1) is 15.1. The topological polar surface area (TPSA) is 71.8 Å². The van der Waals surface area contributed by atoms with Crippen LogP contribution in [-0.4, -0.2) is 44.5 Å². The monoisotopic (exact) mass is 317 g/mol. The zero-order valence-electron chi connectivity index (χ0n) is 12.2.